The summed E-state index contributed by atoms with van der Waals surface area (Å²) in [5, 5.41) is 2.98. The predicted molar refractivity (Wildman–Crippen MR) is 111 cm³/mol. The third kappa shape index (κ3) is 5.00. The number of benzene rings is 1. The first-order chi connectivity index (χ1) is 13.6. The first-order valence-electron chi connectivity index (χ1n) is 10.1. The monoisotopic (exact) mass is 382 g/mol. The molecule has 0 bridgehead atoms. The molecule has 0 radical (unpaired) electrons. The number of hydrogen-bond donors (Lipinski definition) is 1. The molecule has 0 saturated carbocycles. The number of piperidine rings is 1. The lowest BCUT2D eigenvalue weighted by molar-refractivity contribution is 0.0948. The molecule has 1 atom stereocenters. The number of rotatable bonds is 7. The standard InChI is InChI=1S/C22H30N4O2/c1-4-18-9-5-6-13-26(18)21-15-20(24-16(2)25-21)22(27)23-12-11-17-8-7-10-19(14-17)28-3/h7-8,10,14-15,18H,4-6,9,11-13H2,1-3H3,(H,23,27). The van der Waals surface area contributed by atoms with Crippen molar-refractivity contribution in [2.24, 2.45) is 0 Å². The normalized spacial score (nSPS) is 16.7. The number of aromatic nitrogens is 2. The van der Waals surface area contributed by atoms with Gasteiger partial charge in [-0.3, -0.25) is 4.79 Å². The maximum Gasteiger partial charge on any atom is 0.270 e. The quantitative estimate of drug-likeness (QED) is 0.793. The number of carbonyl (C=O) groups is 1. The number of methoxy groups -OCH3 is 1. The maximum atomic E-state index is 12.7. The van der Waals surface area contributed by atoms with Crippen molar-refractivity contribution < 1.29 is 9.53 Å². The Morgan fingerprint density at radius 3 is 2.93 bits per heavy atom. The highest BCUT2D eigenvalue weighted by molar-refractivity contribution is 5.93. The summed E-state index contributed by atoms with van der Waals surface area (Å²) in [5.74, 6) is 2.18. The van der Waals surface area contributed by atoms with Crippen LogP contribution in [-0.4, -0.2) is 42.1 Å². The van der Waals surface area contributed by atoms with Gasteiger partial charge in [0, 0.05) is 25.2 Å². The van der Waals surface area contributed by atoms with Gasteiger partial charge in [-0.15, -0.1) is 0 Å². The smallest absolute Gasteiger partial charge is 0.270 e. The van der Waals surface area contributed by atoms with Gasteiger partial charge in [-0.2, -0.15) is 0 Å². The Balaban J connectivity index is 1.65. The van der Waals surface area contributed by atoms with E-state index in [0.29, 0.717) is 24.1 Å². The van der Waals surface area contributed by atoms with Crippen LogP contribution in [-0.2, 0) is 6.42 Å². The van der Waals surface area contributed by atoms with E-state index in [4.69, 9.17) is 4.74 Å². The number of hydrogen-bond acceptors (Lipinski definition) is 5. The number of aryl methyl sites for hydroxylation is 1. The van der Waals surface area contributed by atoms with Gasteiger partial charge in [0.1, 0.15) is 23.1 Å². The topological polar surface area (TPSA) is 67.4 Å². The molecule has 1 fully saturated rings. The van der Waals surface area contributed by atoms with Crippen LogP contribution in [0.4, 0.5) is 5.82 Å². The van der Waals surface area contributed by atoms with Crippen molar-refractivity contribution in [1.82, 2.24) is 15.3 Å². The highest BCUT2D eigenvalue weighted by Gasteiger charge is 2.23. The molecule has 1 N–H and O–H groups in total. The third-order valence-corrected chi connectivity index (χ3v) is 5.28. The van der Waals surface area contributed by atoms with Crippen molar-refractivity contribution in [3.63, 3.8) is 0 Å². The predicted octanol–water partition coefficient (Wildman–Crippen LogP) is 3.54. The van der Waals surface area contributed by atoms with E-state index in [9.17, 15) is 4.79 Å². The molecule has 1 aromatic carbocycles. The van der Waals surface area contributed by atoms with Crippen LogP contribution in [0.25, 0.3) is 0 Å². The molecule has 150 valence electrons. The van der Waals surface area contributed by atoms with Gasteiger partial charge in [0.25, 0.3) is 5.91 Å². The van der Waals surface area contributed by atoms with Gasteiger partial charge in [-0.05, 0) is 56.7 Å². The Morgan fingerprint density at radius 1 is 1.29 bits per heavy atom. The molecule has 1 amide bonds. The average molecular weight is 383 g/mol. The molecule has 6 nitrogen and oxygen atoms in total. The molecule has 2 heterocycles. The summed E-state index contributed by atoms with van der Waals surface area (Å²) in [6.07, 6.45) is 5.44. The van der Waals surface area contributed by atoms with Crippen LogP contribution in [0.3, 0.4) is 0 Å². The van der Waals surface area contributed by atoms with Crippen molar-refractivity contribution in [3.8, 4) is 5.75 Å². The Labute approximate surface area is 167 Å². The molecule has 1 unspecified atom stereocenters. The second-order valence-electron chi connectivity index (χ2n) is 7.27. The van der Waals surface area contributed by atoms with E-state index < -0.39 is 0 Å². The highest BCUT2D eigenvalue weighted by atomic mass is 16.5. The van der Waals surface area contributed by atoms with Crippen molar-refractivity contribution in [3.05, 3.63) is 47.4 Å². The van der Waals surface area contributed by atoms with E-state index in [-0.39, 0.29) is 5.91 Å². The molecular formula is C22H30N4O2. The number of amides is 1. The van der Waals surface area contributed by atoms with Crippen LogP contribution in [0.2, 0.25) is 0 Å². The summed E-state index contributed by atoms with van der Waals surface area (Å²) in [7, 11) is 1.65. The summed E-state index contributed by atoms with van der Waals surface area (Å²) < 4.78 is 5.24. The van der Waals surface area contributed by atoms with E-state index in [2.05, 4.69) is 27.1 Å². The minimum atomic E-state index is -0.153. The zero-order valence-electron chi connectivity index (χ0n) is 17.1. The van der Waals surface area contributed by atoms with Gasteiger partial charge in [0.2, 0.25) is 0 Å². The molecule has 1 aliphatic rings. The Hall–Kier alpha value is -2.63. The van der Waals surface area contributed by atoms with E-state index in [1.807, 2.05) is 37.3 Å². The molecule has 1 saturated heterocycles. The van der Waals surface area contributed by atoms with Crippen LogP contribution in [0, 0.1) is 6.92 Å². The molecule has 28 heavy (non-hydrogen) atoms. The number of anilines is 1. The second kappa shape index (κ2) is 9.53. The van der Waals surface area contributed by atoms with Crippen LogP contribution in [0.5, 0.6) is 5.75 Å². The summed E-state index contributed by atoms with van der Waals surface area (Å²) >= 11 is 0. The molecule has 1 aromatic heterocycles. The second-order valence-corrected chi connectivity index (χ2v) is 7.27. The van der Waals surface area contributed by atoms with E-state index >= 15 is 0 Å². The van der Waals surface area contributed by atoms with Gasteiger partial charge < -0.3 is 15.0 Å². The van der Waals surface area contributed by atoms with Crippen molar-refractivity contribution in [2.75, 3.05) is 25.1 Å². The Kier molecular flexibility index (Phi) is 6.85. The fourth-order valence-corrected chi connectivity index (χ4v) is 3.78. The van der Waals surface area contributed by atoms with Crippen LogP contribution in [0.15, 0.2) is 30.3 Å². The van der Waals surface area contributed by atoms with E-state index in [1.165, 1.54) is 19.3 Å². The van der Waals surface area contributed by atoms with Crippen LogP contribution >= 0.6 is 0 Å². The first kappa shape index (κ1) is 20.1. The van der Waals surface area contributed by atoms with Gasteiger partial charge in [-0.1, -0.05) is 19.1 Å². The SMILES string of the molecule is CCC1CCCCN1c1cc(C(=O)NCCc2cccc(OC)c2)nc(C)n1. The summed E-state index contributed by atoms with van der Waals surface area (Å²) in [6, 6.07) is 10.2. The van der Waals surface area contributed by atoms with E-state index in [1.54, 1.807) is 7.11 Å². The van der Waals surface area contributed by atoms with Crippen molar-refractivity contribution in [1.29, 1.82) is 0 Å². The Morgan fingerprint density at radius 2 is 2.14 bits per heavy atom. The summed E-state index contributed by atoms with van der Waals surface area (Å²) in [4.78, 5) is 24.0. The zero-order chi connectivity index (χ0) is 19.9. The lowest BCUT2D eigenvalue weighted by Gasteiger charge is -2.36. The van der Waals surface area contributed by atoms with Gasteiger partial charge in [0.05, 0.1) is 7.11 Å². The molecule has 3 rings (SSSR count). The average Bonchev–Trinajstić information content (AvgIpc) is 2.73. The van der Waals surface area contributed by atoms with Gasteiger partial charge in [-0.25, -0.2) is 9.97 Å². The Bertz CT molecular complexity index is 809. The number of carbonyl (C=O) groups excluding carboxylic acids is 1. The van der Waals surface area contributed by atoms with Crippen LogP contribution in [0.1, 0.15) is 54.5 Å². The number of ether oxygens (including phenoxy) is 1. The van der Waals surface area contributed by atoms with Gasteiger partial charge >= 0.3 is 0 Å². The first-order valence-corrected chi connectivity index (χ1v) is 10.1. The van der Waals surface area contributed by atoms with Gasteiger partial charge in [0.15, 0.2) is 0 Å². The van der Waals surface area contributed by atoms with Crippen LogP contribution < -0.4 is 15.0 Å². The molecule has 0 spiro atoms. The number of nitrogens with zero attached hydrogens (tertiary/aromatic N) is 3. The number of nitrogens with one attached hydrogen (secondary N) is 1. The molecular weight excluding hydrogens is 352 g/mol. The fourth-order valence-electron chi connectivity index (χ4n) is 3.78. The minimum absolute atomic E-state index is 0.153. The van der Waals surface area contributed by atoms with Crippen molar-refractivity contribution >= 4 is 11.7 Å². The summed E-state index contributed by atoms with van der Waals surface area (Å²) in [5.41, 5.74) is 1.56. The molecule has 6 heteroatoms. The van der Waals surface area contributed by atoms with E-state index in [0.717, 1.165) is 36.5 Å². The third-order valence-electron chi connectivity index (χ3n) is 5.28. The minimum Gasteiger partial charge on any atom is -0.497 e. The molecule has 0 aliphatic carbocycles. The molecule has 1 aliphatic heterocycles. The molecule has 2 aromatic rings. The lowest BCUT2D eigenvalue weighted by atomic mass is 10.00. The maximum absolute atomic E-state index is 12.7. The summed E-state index contributed by atoms with van der Waals surface area (Å²) in [6.45, 7) is 5.60. The fraction of sp³-hybridized carbons (Fsp3) is 0.500. The highest BCUT2D eigenvalue weighted by Crippen LogP contribution is 2.25. The lowest BCUT2D eigenvalue weighted by Crippen LogP contribution is -2.40. The zero-order valence-corrected chi connectivity index (χ0v) is 17.1. The van der Waals surface area contributed by atoms with Crippen molar-refractivity contribution in [2.45, 2.75) is 52.0 Å². The largest absolute Gasteiger partial charge is 0.497 e.